The molecule has 0 aliphatic rings. The van der Waals surface area contributed by atoms with E-state index in [2.05, 4.69) is 4.98 Å². The third kappa shape index (κ3) is 1.93. The molecule has 0 aliphatic heterocycles. The highest BCUT2D eigenvalue weighted by Crippen LogP contribution is 2.19. The number of rotatable bonds is 2. The molecule has 0 spiro atoms. The van der Waals surface area contributed by atoms with Gasteiger partial charge in [0.05, 0.1) is 11.1 Å². The first kappa shape index (κ1) is 11.8. The summed E-state index contributed by atoms with van der Waals surface area (Å²) >= 11 is 0. The Morgan fingerprint density at radius 2 is 1.94 bits per heavy atom. The number of nitro benzene ring substituents is 1. The molecule has 0 fully saturated rings. The lowest BCUT2D eigenvalue weighted by molar-refractivity contribution is -0.384. The van der Waals surface area contributed by atoms with Crippen LogP contribution in [-0.4, -0.2) is 19.6 Å². The second kappa shape index (κ2) is 4.28. The monoisotopic (exact) mass is 247 g/mol. The van der Waals surface area contributed by atoms with Crippen LogP contribution in [-0.2, 0) is 7.05 Å². The summed E-state index contributed by atoms with van der Waals surface area (Å²) in [5.74, 6) is -0.115. The summed E-state index contributed by atoms with van der Waals surface area (Å²) in [6.07, 6.45) is 1.05. The first-order chi connectivity index (χ1) is 8.50. The van der Waals surface area contributed by atoms with Crippen LogP contribution in [0.1, 0.15) is 0 Å². The van der Waals surface area contributed by atoms with Gasteiger partial charge in [-0.05, 0) is 12.1 Å². The zero-order chi connectivity index (χ0) is 13.3. The molecule has 0 bridgehead atoms. The molecule has 7 nitrogen and oxygen atoms in total. The third-order valence-electron chi connectivity index (χ3n) is 2.49. The molecule has 0 radical (unpaired) electrons. The number of benzene rings is 1. The van der Waals surface area contributed by atoms with Gasteiger partial charge in [-0.3, -0.25) is 19.5 Å². The van der Waals surface area contributed by atoms with Crippen molar-refractivity contribution in [2.75, 3.05) is 0 Å². The molecule has 92 valence electrons. The number of non-ortho nitro benzene ring substituents is 1. The molecule has 7 heteroatoms. The van der Waals surface area contributed by atoms with E-state index >= 15 is 0 Å². The Balaban J connectivity index is 2.53. The Morgan fingerprint density at radius 1 is 1.33 bits per heavy atom. The molecule has 1 aromatic carbocycles. The maximum absolute atomic E-state index is 11.5. The van der Waals surface area contributed by atoms with Gasteiger partial charge in [-0.25, -0.2) is 4.98 Å². The third-order valence-corrected chi connectivity index (χ3v) is 2.49. The molecule has 1 aromatic heterocycles. The van der Waals surface area contributed by atoms with Gasteiger partial charge in [-0.1, -0.05) is 0 Å². The maximum Gasteiger partial charge on any atom is 0.295 e. The number of aromatic hydroxyl groups is 1. The number of hydrogen-bond donors (Lipinski definition) is 1. The van der Waals surface area contributed by atoms with Crippen molar-refractivity contribution in [2.45, 2.75) is 0 Å². The number of aromatic nitrogens is 2. The fourth-order valence-corrected chi connectivity index (χ4v) is 1.53. The second-order valence-electron chi connectivity index (χ2n) is 3.64. The summed E-state index contributed by atoms with van der Waals surface area (Å²) in [4.78, 5) is 25.4. The van der Waals surface area contributed by atoms with Crippen LogP contribution < -0.4 is 5.56 Å². The minimum atomic E-state index is -0.571. The molecule has 2 aromatic rings. The number of hydrogen-bond acceptors (Lipinski definition) is 5. The predicted octanol–water partition coefficient (Wildman–Crippen LogP) is 1.06. The maximum atomic E-state index is 11.5. The van der Waals surface area contributed by atoms with Crippen molar-refractivity contribution < 1.29 is 10.0 Å². The summed E-state index contributed by atoms with van der Waals surface area (Å²) in [5, 5.41) is 19.7. The van der Waals surface area contributed by atoms with Gasteiger partial charge in [0, 0.05) is 24.7 Å². The van der Waals surface area contributed by atoms with Gasteiger partial charge in [-0.2, -0.15) is 0 Å². The Kier molecular flexibility index (Phi) is 2.80. The second-order valence-corrected chi connectivity index (χ2v) is 3.64. The van der Waals surface area contributed by atoms with Crippen LogP contribution in [0.4, 0.5) is 5.69 Å². The van der Waals surface area contributed by atoms with Crippen LogP contribution in [0, 0.1) is 10.1 Å². The number of nitrogens with zero attached hydrogens (tertiary/aromatic N) is 3. The average Bonchev–Trinajstić information content (AvgIpc) is 2.36. The van der Waals surface area contributed by atoms with Crippen molar-refractivity contribution in [3.8, 4) is 17.1 Å². The summed E-state index contributed by atoms with van der Waals surface area (Å²) < 4.78 is 1.18. The molecule has 0 atom stereocenters. The average molecular weight is 247 g/mol. The first-order valence-corrected chi connectivity index (χ1v) is 5.00. The molecule has 0 saturated carbocycles. The number of nitro groups is 1. The highest BCUT2D eigenvalue weighted by atomic mass is 16.6. The van der Waals surface area contributed by atoms with E-state index in [-0.39, 0.29) is 5.69 Å². The van der Waals surface area contributed by atoms with Crippen LogP contribution in [0.15, 0.2) is 35.3 Å². The SMILES string of the molecule is Cn1c(-c2ccc([N+](=O)[O-])cc2)ncc(O)c1=O. The molecule has 0 amide bonds. The minimum Gasteiger partial charge on any atom is -0.502 e. The molecule has 0 saturated heterocycles. The van der Waals surface area contributed by atoms with Crippen LogP contribution >= 0.6 is 0 Å². The highest BCUT2D eigenvalue weighted by molar-refractivity contribution is 5.57. The van der Waals surface area contributed by atoms with Crippen molar-refractivity contribution in [1.82, 2.24) is 9.55 Å². The zero-order valence-corrected chi connectivity index (χ0v) is 9.40. The quantitative estimate of drug-likeness (QED) is 0.632. The van der Waals surface area contributed by atoms with Gasteiger partial charge in [-0.15, -0.1) is 0 Å². The fraction of sp³-hybridized carbons (Fsp3) is 0.0909. The summed E-state index contributed by atoms with van der Waals surface area (Å²) in [5.41, 5.74) is -0.0546. The normalized spacial score (nSPS) is 10.3. The molecule has 0 aliphatic carbocycles. The van der Waals surface area contributed by atoms with Gasteiger partial charge >= 0.3 is 0 Å². The first-order valence-electron chi connectivity index (χ1n) is 5.00. The van der Waals surface area contributed by atoms with Gasteiger partial charge in [0.15, 0.2) is 5.75 Å². The highest BCUT2D eigenvalue weighted by Gasteiger charge is 2.10. The van der Waals surface area contributed by atoms with E-state index in [1.165, 1.54) is 35.9 Å². The molecule has 0 unspecified atom stereocenters. The summed E-state index contributed by atoms with van der Waals surface area (Å²) in [6.45, 7) is 0. The summed E-state index contributed by atoms with van der Waals surface area (Å²) in [6, 6.07) is 5.65. The molecule has 2 rings (SSSR count). The van der Waals surface area contributed by atoms with E-state index in [0.717, 1.165) is 6.20 Å². The van der Waals surface area contributed by atoms with Gasteiger partial charge in [0.1, 0.15) is 5.82 Å². The van der Waals surface area contributed by atoms with E-state index < -0.39 is 16.2 Å². The van der Waals surface area contributed by atoms with E-state index in [1.807, 2.05) is 0 Å². The smallest absolute Gasteiger partial charge is 0.295 e. The molecule has 1 heterocycles. The van der Waals surface area contributed by atoms with E-state index in [4.69, 9.17) is 0 Å². The van der Waals surface area contributed by atoms with Crippen LogP contribution in [0.5, 0.6) is 5.75 Å². The van der Waals surface area contributed by atoms with Gasteiger partial charge < -0.3 is 5.11 Å². The Hall–Kier alpha value is -2.70. The largest absolute Gasteiger partial charge is 0.502 e. The van der Waals surface area contributed by atoms with Crippen molar-refractivity contribution in [2.24, 2.45) is 7.05 Å². The van der Waals surface area contributed by atoms with E-state index in [0.29, 0.717) is 11.4 Å². The topological polar surface area (TPSA) is 98.3 Å². The molecular formula is C11H9N3O4. The Morgan fingerprint density at radius 3 is 2.50 bits per heavy atom. The van der Waals surface area contributed by atoms with E-state index in [1.54, 1.807) is 0 Å². The Labute approximate surface area is 101 Å². The lowest BCUT2D eigenvalue weighted by Gasteiger charge is -2.06. The molecular weight excluding hydrogens is 238 g/mol. The zero-order valence-electron chi connectivity index (χ0n) is 9.40. The lowest BCUT2D eigenvalue weighted by Crippen LogP contribution is -2.18. The van der Waals surface area contributed by atoms with Gasteiger partial charge in [0.25, 0.3) is 11.2 Å². The molecule has 18 heavy (non-hydrogen) atoms. The van der Waals surface area contributed by atoms with Crippen molar-refractivity contribution >= 4 is 5.69 Å². The van der Waals surface area contributed by atoms with Crippen LogP contribution in [0.3, 0.4) is 0 Å². The Bertz CT molecular complexity index is 661. The fourth-order valence-electron chi connectivity index (χ4n) is 1.53. The van der Waals surface area contributed by atoms with Crippen molar-refractivity contribution in [1.29, 1.82) is 0 Å². The molecule has 1 N–H and O–H groups in total. The van der Waals surface area contributed by atoms with Crippen LogP contribution in [0.2, 0.25) is 0 Å². The lowest BCUT2D eigenvalue weighted by atomic mass is 10.2. The predicted molar refractivity (Wildman–Crippen MR) is 63.2 cm³/mol. The van der Waals surface area contributed by atoms with E-state index in [9.17, 15) is 20.0 Å². The standard InChI is InChI=1S/C11H9N3O4/c1-13-10(12-6-9(15)11(13)16)7-2-4-8(5-3-7)14(17)18/h2-6,15H,1H3. The minimum absolute atomic E-state index is 0.0393. The van der Waals surface area contributed by atoms with Crippen LogP contribution in [0.25, 0.3) is 11.4 Å². The van der Waals surface area contributed by atoms with Crippen molar-refractivity contribution in [3.63, 3.8) is 0 Å². The van der Waals surface area contributed by atoms with Crippen molar-refractivity contribution in [3.05, 3.63) is 50.9 Å². The summed E-state index contributed by atoms with van der Waals surface area (Å²) in [7, 11) is 1.46. The van der Waals surface area contributed by atoms with Gasteiger partial charge in [0.2, 0.25) is 0 Å².